The summed E-state index contributed by atoms with van der Waals surface area (Å²) in [6, 6.07) is 6.72. The van der Waals surface area contributed by atoms with Crippen LogP contribution in [0.5, 0.6) is 0 Å². The first-order valence-electron chi connectivity index (χ1n) is 5.29. The largest absolute Gasteiger partial charge is 0.307 e. The van der Waals surface area contributed by atoms with E-state index in [1.807, 2.05) is 13.0 Å². The van der Waals surface area contributed by atoms with Gasteiger partial charge in [-0.2, -0.15) is 0 Å². The van der Waals surface area contributed by atoms with Crippen LogP contribution in [0.4, 0.5) is 4.39 Å². The van der Waals surface area contributed by atoms with Gasteiger partial charge in [0, 0.05) is 0 Å². The molecule has 1 aromatic carbocycles. The van der Waals surface area contributed by atoms with E-state index in [1.165, 1.54) is 6.07 Å². The minimum absolute atomic E-state index is 0.0562. The Morgan fingerprint density at radius 1 is 1.53 bits per heavy atom. The fraction of sp³-hybridized carbons (Fsp3) is 0.385. The maximum Gasteiger partial charge on any atom is 0.123 e. The van der Waals surface area contributed by atoms with Gasteiger partial charge in [0.2, 0.25) is 0 Å². The Hall–Kier alpha value is -1.15. The van der Waals surface area contributed by atoms with Crippen molar-refractivity contribution in [2.75, 3.05) is 6.54 Å². The van der Waals surface area contributed by atoms with Crippen molar-refractivity contribution in [2.45, 2.75) is 26.3 Å². The van der Waals surface area contributed by atoms with Gasteiger partial charge in [-0.05, 0) is 37.6 Å². The van der Waals surface area contributed by atoms with Crippen LogP contribution in [0.15, 0.2) is 36.4 Å². The molecular weight excluding hydrogens is 189 g/mol. The first-order valence-corrected chi connectivity index (χ1v) is 5.29. The van der Waals surface area contributed by atoms with E-state index in [-0.39, 0.29) is 11.9 Å². The van der Waals surface area contributed by atoms with Gasteiger partial charge in [-0.1, -0.05) is 31.2 Å². The zero-order chi connectivity index (χ0) is 11.3. The summed E-state index contributed by atoms with van der Waals surface area (Å²) in [5, 5.41) is 3.35. The van der Waals surface area contributed by atoms with E-state index in [2.05, 4.69) is 18.8 Å². The average Bonchev–Trinajstić information content (AvgIpc) is 2.18. The molecule has 0 spiro atoms. The summed E-state index contributed by atoms with van der Waals surface area (Å²) < 4.78 is 13.1. The summed E-state index contributed by atoms with van der Waals surface area (Å²) in [7, 11) is 0. The maximum atomic E-state index is 13.1. The molecule has 0 amide bonds. The molecule has 15 heavy (non-hydrogen) atoms. The first-order chi connectivity index (χ1) is 7.15. The highest BCUT2D eigenvalue weighted by Crippen LogP contribution is 2.20. The quantitative estimate of drug-likeness (QED) is 0.729. The SMILES string of the molecule is C=C(C)C(NCCC)c1cccc(F)c1. The zero-order valence-corrected chi connectivity index (χ0v) is 9.39. The zero-order valence-electron chi connectivity index (χ0n) is 9.39. The molecule has 82 valence electrons. The molecular formula is C13H18FN. The summed E-state index contributed by atoms with van der Waals surface area (Å²) in [5.74, 6) is -0.197. The lowest BCUT2D eigenvalue weighted by Crippen LogP contribution is -2.22. The maximum absolute atomic E-state index is 13.1. The lowest BCUT2D eigenvalue weighted by molar-refractivity contribution is 0.580. The lowest BCUT2D eigenvalue weighted by Gasteiger charge is -2.19. The predicted molar refractivity (Wildman–Crippen MR) is 62.2 cm³/mol. The van der Waals surface area contributed by atoms with Gasteiger partial charge in [0.15, 0.2) is 0 Å². The van der Waals surface area contributed by atoms with Crippen LogP contribution in [0.2, 0.25) is 0 Å². The van der Waals surface area contributed by atoms with E-state index in [0.717, 1.165) is 24.1 Å². The van der Waals surface area contributed by atoms with Crippen molar-refractivity contribution >= 4 is 0 Å². The van der Waals surface area contributed by atoms with E-state index in [9.17, 15) is 4.39 Å². The van der Waals surface area contributed by atoms with Crippen molar-refractivity contribution in [1.29, 1.82) is 0 Å². The summed E-state index contributed by atoms with van der Waals surface area (Å²) in [6.45, 7) is 8.90. The first kappa shape index (κ1) is 11.9. The number of hydrogen-bond donors (Lipinski definition) is 1. The third-order valence-corrected chi connectivity index (χ3v) is 2.27. The van der Waals surface area contributed by atoms with Crippen molar-refractivity contribution in [3.05, 3.63) is 47.8 Å². The van der Waals surface area contributed by atoms with Crippen LogP contribution in [0.1, 0.15) is 31.9 Å². The Bertz CT molecular complexity index is 333. The van der Waals surface area contributed by atoms with Crippen LogP contribution >= 0.6 is 0 Å². The Morgan fingerprint density at radius 2 is 2.27 bits per heavy atom. The van der Waals surface area contributed by atoms with Crippen molar-refractivity contribution in [3.63, 3.8) is 0 Å². The molecule has 1 N–H and O–H groups in total. The molecule has 0 saturated heterocycles. The van der Waals surface area contributed by atoms with Crippen LogP contribution in [0.25, 0.3) is 0 Å². The number of nitrogens with one attached hydrogen (secondary N) is 1. The van der Waals surface area contributed by atoms with Gasteiger partial charge in [-0.15, -0.1) is 0 Å². The molecule has 1 aromatic rings. The molecule has 0 aromatic heterocycles. The monoisotopic (exact) mass is 207 g/mol. The van der Waals surface area contributed by atoms with Crippen LogP contribution < -0.4 is 5.32 Å². The number of rotatable bonds is 5. The molecule has 0 radical (unpaired) electrons. The highest BCUT2D eigenvalue weighted by Gasteiger charge is 2.11. The number of hydrogen-bond acceptors (Lipinski definition) is 1. The van der Waals surface area contributed by atoms with Crippen molar-refractivity contribution in [2.24, 2.45) is 0 Å². The Morgan fingerprint density at radius 3 is 2.80 bits per heavy atom. The van der Waals surface area contributed by atoms with E-state index >= 15 is 0 Å². The van der Waals surface area contributed by atoms with Gasteiger partial charge < -0.3 is 5.32 Å². The van der Waals surface area contributed by atoms with Gasteiger partial charge in [-0.25, -0.2) is 4.39 Å². The Balaban J connectivity index is 2.84. The topological polar surface area (TPSA) is 12.0 Å². The summed E-state index contributed by atoms with van der Waals surface area (Å²) in [5.41, 5.74) is 1.95. The molecule has 1 nitrogen and oxygen atoms in total. The molecule has 1 rings (SSSR count). The fourth-order valence-electron chi connectivity index (χ4n) is 1.55. The third kappa shape index (κ3) is 3.48. The molecule has 2 heteroatoms. The summed E-state index contributed by atoms with van der Waals surface area (Å²) in [6.07, 6.45) is 1.05. The van der Waals surface area contributed by atoms with Gasteiger partial charge in [0.25, 0.3) is 0 Å². The minimum atomic E-state index is -0.197. The average molecular weight is 207 g/mol. The van der Waals surface area contributed by atoms with Gasteiger partial charge in [0.05, 0.1) is 6.04 Å². The highest BCUT2D eigenvalue weighted by atomic mass is 19.1. The smallest absolute Gasteiger partial charge is 0.123 e. The van der Waals surface area contributed by atoms with E-state index in [0.29, 0.717) is 0 Å². The summed E-state index contributed by atoms with van der Waals surface area (Å²) >= 11 is 0. The van der Waals surface area contributed by atoms with Crippen molar-refractivity contribution in [1.82, 2.24) is 5.32 Å². The van der Waals surface area contributed by atoms with Crippen LogP contribution in [0, 0.1) is 5.82 Å². The predicted octanol–water partition coefficient (Wildman–Crippen LogP) is 3.44. The van der Waals surface area contributed by atoms with Crippen molar-refractivity contribution in [3.8, 4) is 0 Å². The fourth-order valence-corrected chi connectivity index (χ4v) is 1.55. The lowest BCUT2D eigenvalue weighted by atomic mass is 10.0. The van der Waals surface area contributed by atoms with E-state index < -0.39 is 0 Å². The molecule has 0 aliphatic carbocycles. The van der Waals surface area contributed by atoms with E-state index in [1.54, 1.807) is 12.1 Å². The summed E-state index contributed by atoms with van der Waals surface area (Å²) in [4.78, 5) is 0. The van der Waals surface area contributed by atoms with Gasteiger partial charge >= 0.3 is 0 Å². The second kappa shape index (κ2) is 5.66. The van der Waals surface area contributed by atoms with Crippen molar-refractivity contribution < 1.29 is 4.39 Å². The Kier molecular flexibility index (Phi) is 4.50. The van der Waals surface area contributed by atoms with Gasteiger partial charge in [-0.3, -0.25) is 0 Å². The second-order valence-corrected chi connectivity index (χ2v) is 3.79. The van der Waals surface area contributed by atoms with Crippen LogP contribution in [-0.2, 0) is 0 Å². The Labute approximate surface area is 91.0 Å². The van der Waals surface area contributed by atoms with Crippen LogP contribution in [-0.4, -0.2) is 6.54 Å². The number of benzene rings is 1. The third-order valence-electron chi connectivity index (χ3n) is 2.27. The normalized spacial score (nSPS) is 12.5. The molecule has 1 unspecified atom stereocenters. The molecule has 0 heterocycles. The number of halogens is 1. The van der Waals surface area contributed by atoms with E-state index in [4.69, 9.17) is 0 Å². The molecule has 0 bridgehead atoms. The minimum Gasteiger partial charge on any atom is -0.307 e. The molecule has 0 saturated carbocycles. The standard InChI is InChI=1S/C13H18FN/c1-4-8-15-13(10(2)3)11-6-5-7-12(14)9-11/h5-7,9,13,15H,2,4,8H2,1,3H3. The second-order valence-electron chi connectivity index (χ2n) is 3.79. The molecule has 1 atom stereocenters. The molecule has 0 aliphatic heterocycles. The molecule has 0 aliphatic rings. The molecule has 0 fully saturated rings. The van der Waals surface area contributed by atoms with Gasteiger partial charge in [0.1, 0.15) is 5.82 Å². The highest BCUT2D eigenvalue weighted by molar-refractivity contribution is 5.26. The van der Waals surface area contributed by atoms with Crippen LogP contribution in [0.3, 0.4) is 0 Å².